The number of aryl methyl sites for hydroxylation is 2. The van der Waals surface area contributed by atoms with Crippen LogP contribution in [0.1, 0.15) is 11.1 Å². The van der Waals surface area contributed by atoms with Crippen LogP contribution < -0.4 is 11.7 Å². The third-order valence-electron chi connectivity index (χ3n) is 1.92. The van der Waals surface area contributed by atoms with Crippen LogP contribution in [0.5, 0.6) is 0 Å². The van der Waals surface area contributed by atoms with E-state index in [1.807, 2.05) is 26.0 Å². The molecule has 0 bridgehead atoms. The van der Waals surface area contributed by atoms with Gasteiger partial charge >= 0.3 is 0 Å². The summed E-state index contributed by atoms with van der Waals surface area (Å²) in [5.74, 6) is 9.94. The monoisotopic (exact) mass is 192 g/mol. The van der Waals surface area contributed by atoms with E-state index in [2.05, 4.69) is 20.7 Å². The number of benzene rings is 1. The number of nitrogens with two attached hydrogens (primary N) is 2. The molecule has 1 aromatic rings. The Morgan fingerprint density at radius 2 is 1.21 bits per heavy atom. The minimum absolute atomic E-state index is 0.560. The summed E-state index contributed by atoms with van der Waals surface area (Å²) in [4.78, 5) is 0. The molecule has 4 N–H and O–H groups in total. The molecule has 0 atom stereocenters. The summed E-state index contributed by atoms with van der Waals surface area (Å²) in [5, 5.41) is 13.8. The number of hydrogen-bond donors (Lipinski definition) is 2. The molecule has 0 amide bonds. The van der Waals surface area contributed by atoms with E-state index in [1.165, 1.54) is 0 Å². The molecular formula is C8H12N6. The Hall–Kier alpha value is -1.98. The fourth-order valence-corrected chi connectivity index (χ4v) is 1.07. The van der Waals surface area contributed by atoms with Crippen LogP contribution in [0.2, 0.25) is 0 Å². The predicted octanol–water partition coefficient (Wildman–Crippen LogP) is 2.22. The Bertz CT molecular complexity index is 345. The third-order valence-corrected chi connectivity index (χ3v) is 1.92. The highest BCUT2D eigenvalue weighted by Crippen LogP contribution is 2.31. The zero-order valence-corrected chi connectivity index (χ0v) is 8.10. The van der Waals surface area contributed by atoms with Crippen LogP contribution >= 0.6 is 0 Å². The van der Waals surface area contributed by atoms with Gasteiger partial charge in [-0.15, -0.1) is 10.2 Å². The van der Waals surface area contributed by atoms with E-state index >= 15 is 0 Å². The van der Waals surface area contributed by atoms with Gasteiger partial charge in [-0.1, -0.05) is 10.4 Å². The van der Waals surface area contributed by atoms with E-state index in [0.29, 0.717) is 11.4 Å². The van der Waals surface area contributed by atoms with E-state index < -0.39 is 0 Å². The molecule has 14 heavy (non-hydrogen) atoms. The predicted molar refractivity (Wildman–Crippen MR) is 53.3 cm³/mol. The molecule has 1 aromatic carbocycles. The van der Waals surface area contributed by atoms with Gasteiger partial charge in [-0.05, 0) is 37.1 Å². The highest BCUT2D eigenvalue weighted by Gasteiger charge is 2.03. The maximum Gasteiger partial charge on any atom is 0.115 e. The summed E-state index contributed by atoms with van der Waals surface area (Å²) < 4.78 is 0. The van der Waals surface area contributed by atoms with Gasteiger partial charge in [0, 0.05) is 0 Å². The van der Waals surface area contributed by atoms with Crippen molar-refractivity contribution in [2.45, 2.75) is 13.8 Å². The lowest BCUT2D eigenvalue weighted by molar-refractivity contribution is 1.03. The first-order chi connectivity index (χ1) is 6.69. The van der Waals surface area contributed by atoms with Gasteiger partial charge in [-0.2, -0.15) is 0 Å². The maximum absolute atomic E-state index is 4.97. The lowest BCUT2D eigenvalue weighted by Crippen LogP contribution is -1.82. The van der Waals surface area contributed by atoms with Crippen LogP contribution in [0.15, 0.2) is 32.8 Å². The Morgan fingerprint density at radius 1 is 0.857 bits per heavy atom. The molecule has 1 rings (SSSR count). The first-order valence-electron chi connectivity index (χ1n) is 4.02. The maximum atomic E-state index is 4.97. The van der Waals surface area contributed by atoms with Crippen molar-refractivity contribution in [2.24, 2.45) is 32.4 Å². The molecule has 0 aliphatic rings. The highest BCUT2D eigenvalue weighted by molar-refractivity contribution is 5.63. The fraction of sp³-hybridized carbons (Fsp3) is 0.250. The summed E-state index contributed by atoms with van der Waals surface area (Å²) >= 11 is 0. The highest BCUT2D eigenvalue weighted by atomic mass is 15.3. The Morgan fingerprint density at radius 3 is 1.50 bits per heavy atom. The van der Waals surface area contributed by atoms with Crippen molar-refractivity contribution in [3.8, 4) is 0 Å². The lowest BCUT2D eigenvalue weighted by Gasteiger charge is -2.03. The summed E-state index contributed by atoms with van der Waals surface area (Å²) in [5.41, 5.74) is 3.29. The van der Waals surface area contributed by atoms with Crippen molar-refractivity contribution in [1.29, 1.82) is 0 Å². The average Bonchev–Trinajstić information content (AvgIpc) is 2.14. The van der Waals surface area contributed by atoms with E-state index in [1.54, 1.807) is 0 Å². The van der Waals surface area contributed by atoms with Crippen molar-refractivity contribution in [1.82, 2.24) is 0 Å². The van der Waals surface area contributed by atoms with Crippen LogP contribution in [0.3, 0.4) is 0 Å². The number of rotatable bonds is 2. The molecule has 6 nitrogen and oxygen atoms in total. The largest absolute Gasteiger partial charge is 0.305 e. The van der Waals surface area contributed by atoms with Crippen molar-refractivity contribution >= 4 is 11.4 Å². The molecule has 0 aliphatic carbocycles. The zero-order chi connectivity index (χ0) is 10.6. The number of hydrogen-bond acceptors (Lipinski definition) is 4. The molecule has 0 saturated carbocycles. The van der Waals surface area contributed by atoms with Crippen LogP contribution in [0, 0.1) is 13.8 Å². The second-order valence-corrected chi connectivity index (χ2v) is 2.86. The zero-order valence-electron chi connectivity index (χ0n) is 8.10. The van der Waals surface area contributed by atoms with Crippen molar-refractivity contribution in [2.75, 3.05) is 0 Å². The van der Waals surface area contributed by atoms with Crippen LogP contribution in [0.25, 0.3) is 0 Å². The van der Waals surface area contributed by atoms with Gasteiger partial charge in [0.05, 0.1) is 0 Å². The molecule has 0 unspecified atom stereocenters. The second kappa shape index (κ2) is 4.31. The van der Waals surface area contributed by atoms with E-state index in [9.17, 15) is 0 Å². The van der Waals surface area contributed by atoms with Gasteiger partial charge in [-0.3, -0.25) is 0 Å². The normalized spacial score (nSPS) is 11.6. The molecule has 0 aromatic heterocycles. The van der Waals surface area contributed by atoms with E-state index in [-0.39, 0.29) is 0 Å². The van der Waals surface area contributed by atoms with Gasteiger partial charge < -0.3 is 11.7 Å². The SMILES string of the molecule is Cc1cc(N=NN)c(N=NN)cc1C. The topological polar surface area (TPSA) is 101 Å². The molecule has 0 saturated heterocycles. The molecule has 0 aliphatic heterocycles. The molecule has 0 spiro atoms. The Kier molecular flexibility index (Phi) is 3.11. The average molecular weight is 192 g/mol. The number of nitrogens with zero attached hydrogens (tertiary/aromatic N) is 4. The Balaban J connectivity index is 3.30. The quantitative estimate of drug-likeness (QED) is 0.426. The van der Waals surface area contributed by atoms with Gasteiger partial charge in [0.15, 0.2) is 0 Å². The van der Waals surface area contributed by atoms with Gasteiger partial charge in [0.25, 0.3) is 0 Å². The van der Waals surface area contributed by atoms with Crippen molar-refractivity contribution in [3.05, 3.63) is 23.3 Å². The van der Waals surface area contributed by atoms with Gasteiger partial charge in [0.1, 0.15) is 11.4 Å². The first-order valence-corrected chi connectivity index (χ1v) is 4.02. The minimum atomic E-state index is 0.560. The molecule has 0 radical (unpaired) electrons. The van der Waals surface area contributed by atoms with E-state index in [4.69, 9.17) is 11.7 Å². The summed E-state index contributed by atoms with van der Waals surface area (Å²) in [6.07, 6.45) is 0. The molecule has 6 heteroatoms. The third kappa shape index (κ3) is 2.03. The van der Waals surface area contributed by atoms with E-state index in [0.717, 1.165) is 11.1 Å². The van der Waals surface area contributed by atoms with Crippen molar-refractivity contribution < 1.29 is 0 Å². The van der Waals surface area contributed by atoms with Crippen LogP contribution in [-0.2, 0) is 0 Å². The second-order valence-electron chi connectivity index (χ2n) is 2.86. The standard InChI is InChI=1S/C8H12N6/c1-5-3-7(11-13-9)8(12-14-10)4-6(5)2/h3-4H,1-2H3,(H2,9,11)(H2,10,12). The molecule has 0 fully saturated rings. The van der Waals surface area contributed by atoms with Crippen molar-refractivity contribution in [3.63, 3.8) is 0 Å². The summed E-state index contributed by atoms with van der Waals surface area (Å²) in [6.45, 7) is 3.93. The lowest BCUT2D eigenvalue weighted by atomic mass is 10.1. The molecule has 74 valence electrons. The molecule has 0 heterocycles. The van der Waals surface area contributed by atoms with Crippen LogP contribution in [0.4, 0.5) is 11.4 Å². The molecular weight excluding hydrogens is 180 g/mol. The smallest absolute Gasteiger partial charge is 0.115 e. The summed E-state index contributed by atoms with van der Waals surface area (Å²) in [6, 6.07) is 3.66. The minimum Gasteiger partial charge on any atom is -0.305 e. The van der Waals surface area contributed by atoms with Gasteiger partial charge in [-0.25, -0.2) is 0 Å². The van der Waals surface area contributed by atoms with Gasteiger partial charge in [0.2, 0.25) is 0 Å². The Labute approximate surface area is 81.7 Å². The van der Waals surface area contributed by atoms with Crippen LogP contribution in [-0.4, -0.2) is 0 Å². The first kappa shape index (κ1) is 10.1. The fourth-order valence-electron chi connectivity index (χ4n) is 1.07. The summed E-state index contributed by atoms with van der Waals surface area (Å²) in [7, 11) is 0.